The first-order valence-corrected chi connectivity index (χ1v) is 11.2. The van der Waals surface area contributed by atoms with E-state index < -0.39 is 21.0 Å². The molecule has 1 heterocycles. The minimum atomic E-state index is -3.84. The fourth-order valence-electron chi connectivity index (χ4n) is 2.99. The van der Waals surface area contributed by atoms with Crippen molar-refractivity contribution in [2.24, 2.45) is 0 Å². The van der Waals surface area contributed by atoms with Crippen LogP contribution in [0.1, 0.15) is 21.2 Å². The van der Waals surface area contributed by atoms with Gasteiger partial charge >= 0.3 is 0 Å². The van der Waals surface area contributed by atoms with E-state index in [1.54, 1.807) is 36.5 Å². The molecule has 0 spiro atoms. The Hall–Kier alpha value is -3.10. The smallest absolute Gasteiger partial charge is 0.251 e. The molecule has 0 bridgehead atoms. The van der Waals surface area contributed by atoms with Gasteiger partial charge in [0.1, 0.15) is 16.7 Å². The Morgan fingerprint density at radius 1 is 1.06 bits per heavy atom. The van der Waals surface area contributed by atoms with E-state index in [1.807, 2.05) is 0 Å². The van der Waals surface area contributed by atoms with Gasteiger partial charge in [0.25, 0.3) is 5.91 Å². The number of hydrogen-bond acceptors (Lipinski definition) is 6. The van der Waals surface area contributed by atoms with Crippen LogP contribution in [0.15, 0.2) is 71.9 Å². The molecule has 7 nitrogen and oxygen atoms in total. The lowest BCUT2D eigenvalue weighted by Gasteiger charge is -2.19. The van der Waals surface area contributed by atoms with E-state index in [1.165, 1.54) is 44.7 Å². The number of rotatable bonds is 8. The summed E-state index contributed by atoms with van der Waals surface area (Å²) in [5.74, 6) is 0.432. The number of nitrogens with one attached hydrogen (secondary N) is 1. The summed E-state index contributed by atoms with van der Waals surface area (Å²) in [6, 6.07) is 13.9. The van der Waals surface area contributed by atoms with Crippen molar-refractivity contribution in [3.63, 3.8) is 0 Å². The fourth-order valence-corrected chi connectivity index (χ4v) is 4.76. The van der Waals surface area contributed by atoms with Gasteiger partial charge in [0.05, 0.1) is 19.1 Å². The molecule has 3 aromatic rings. The minimum Gasteiger partial charge on any atom is -0.497 e. The van der Waals surface area contributed by atoms with Crippen LogP contribution in [0.5, 0.6) is 11.5 Å². The summed E-state index contributed by atoms with van der Waals surface area (Å²) in [7, 11) is -0.878. The molecule has 0 saturated heterocycles. The van der Waals surface area contributed by atoms with Gasteiger partial charge in [-0.1, -0.05) is 17.7 Å². The fraction of sp³-hybridized carbons (Fsp3) is 0.182. The van der Waals surface area contributed by atoms with Crippen LogP contribution < -0.4 is 14.8 Å². The highest BCUT2D eigenvalue weighted by atomic mass is 35.5. The van der Waals surface area contributed by atoms with Gasteiger partial charge in [0.15, 0.2) is 9.84 Å². The minimum absolute atomic E-state index is 0.100. The molecule has 1 atom stereocenters. The maximum absolute atomic E-state index is 13.3. The summed E-state index contributed by atoms with van der Waals surface area (Å²) in [5, 5.41) is 2.09. The summed E-state index contributed by atoms with van der Waals surface area (Å²) < 4.78 is 37.0. The van der Waals surface area contributed by atoms with Crippen LogP contribution in [-0.4, -0.2) is 40.1 Å². The van der Waals surface area contributed by atoms with Gasteiger partial charge in [-0.25, -0.2) is 8.42 Å². The molecule has 162 valence electrons. The lowest BCUT2D eigenvalue weighted by molar-refractivity contribution is 0.0953. The van der Waals surface area contributed by atoms with Crippen molar-refractivity contribution in [3.05, 3.63) is 83.1 Å². The lowest BCUT2D eigenvalue weighted by Crippen LogP contribution is -2.32. The van der Waals surface area contributed by atoms with E-state index in [2.05, 4.69) is 10.3 Å². The molecule has 31 heavy (non-hydrogen) atoms. The Labute approximate surface area is 185 Å². The van der Waals surface area contributed by atoms with Gasteiger partial charge in [-0.15, -0.1) is 0 Å². The Bertz CT molecular complexity index is 1130. The largest absolute Gasteiger partial charge is 0.497 e. The third-order valence-corrected chi connectivity index (χ3v) is 7.00. The van der Waals surface area contributed by atoms with Crippen molar-refractivity contribution in [1.29, 1.82) is 0 Å². The number of carbonyl (C=O) groups is 1. The molecule has 2 aromatic carbocycles. The number of aromatic nitrogens is 1. The van der Waals surface area contributed by atoms with Crippen molar-refractivity contribution in [2.45, 2.75) is 10.1 Å². The van der Waals surface area contributed by atoms with Crippen molar-refractivity contribution in [1.82, 2.24) is 10.3 Å². The SMILES string of the molecule is COc1cc(OC)cc(C(=O)NCC(c2cccnc2)S(=O)(=O)c2ccc(Cl)cc2)c1. The van der Waals surface area contributed by atoms with Gasteiger partial charge < -0.3 is 14.8 Å². The zero-order valence-corrected chi connectivity index (χ0v) is 18.5. The van der Waals surface area contributed by atoms with Gasteiger partial charge in [0, 0.05) is 35.6 Å². The maximum atomic E-state index is 13.3. The second kappa shape index (κ2) is 9.80. The van der Waals surface area contributed by atoms with E-state index in [-0.39, 0.29) is 17.0 Å². The lowest BCUT2D eigenvalue weighted by atomic mass is 10.1. The third-order valence-electron chi connectivity index (χ3n) is 4.63. The molecule has 0 radical (unpaired) electrons. The zero-order valence-electron chi connectivity index (χ0n) is 16.9. The predicted octanol–water partition coefficient (Wildman–Crippen LogP) is 3.70. The average molecular weight is 461 g/mol. The molecule has 3 rings (SSSR count). The molecule has 1 aromatic heterocycles. The van der Waals surface area contributed by atoms with Gasteiger partial charge in [-0.3, -0.25) is 9.78 Å². The van der Waals surface area contributed by atoms with Crippen molar-refractivity contribution in [3.8, 4) is 11.5 Å². The van der Waals surface area contributed by atoms with Crippen LogP contribution in [0.2, 0.25) is 5.02 Å². The summed E-state index contributed by atoms with van der Waals surface area (Å²) in [6.45, 7) is -0.158. The number of hydrogen-bond donors (Lipinski definition) is 1. The van der Waals surface area contributed by atoms with Crippen molar-refractivity contribution < 1.29 is 22.7 Å². The van der Waals surface area contributed by atoms with Crippen LogP contribution in [0.4, 0.5) is 0 Å². The number of benzene rings is 2. The highest BCUT2D eigenvalue weighted by Crippen LogP contribution is 2.29. The Morgan fingerprint density at radius 2 is 1.71 bits per heavy atom. The Kier molecular flexibility index (Phi) is 7.14. The van der Waals surface area contributed by atoms with E-state index >= 15 is 0 Å². The second-order valence-corrected chi connectivity index (χ2v) is 9.15. The number of sulfone groups is 1. The number of carbonyl (C=O) groups excluding carboxylic acids is 1. The van der Waals surface area contributed by atoms with Crippen LogP contribution in [0.3, 0.4) is 0 Å². The van der Waals surface area contributed by atoms with Gasteiger partial charge in [-0.2, -0.15) is 0 Å². The highest BCUT2D eigenvalue weighted by Gasteiger charge is 2.30. The standard InChI is InChI=1S/C22H21ClN2O5S/c1-29-18-10-16(11-19(12-18)30-2)22(26)25-14-21(15-4-3-9-24-13-15)31(27,28)20-7-5-17(23)6-8-20/h3-13,21H,14H2,1-2H3,(H,25,26). The second-order valence-electron chi connectivity index (χ2n) is 6.59. The molecule has 0 aliphatic carbocycles. The first kappa shape index (κ1) is 22.6. The number of pyridine rings is 1. The normalized spacial score (nSPS) is 12.1. The van der Waals surface area contributed by atoms with E-state index in [4.69, 9.17) is 21.1 Å². The van der Waals surface area contributed by atoms with Crippen LogP contribution in [0.25, 0.3) is 0 Å². The predicted molar refractivity (Wildman–Crippen MR) is 117 cm³/mol. The Balaban J connectivity index is 1.90. The van der Waals surface area contributed by atoms with Gasteiger partial charge in [0.2, 0.25) is 0 Å². The molecule has 0 saturated carbocycles. The monoisotopic (exact) mass is 460 g/mol. The molecule has 1 amide bonds. The third kappa shape index (κ3) is 5.34. The Morgan fingerprint density at radius 3 is 2.26 bits per heavy atom. The van der Waals surface area contributed by atoms with Crippen molar-refractivity contribution >= 4 is 27.3 Å². The number of amides is 1. The van der Waals surface area contributed by atoms with Crippen LogP contribution >= 0.6 is 11.6 Å². The number of halogens is 1. The maximum Gasteiger partial charge on any atom is 0.251 e. The van der Waals surface area contributed by atoms with Crippen molar-refractivity contribution in [2.75, 3.05) is 20.8 Å². The summed E-state index contributed by atoms with van der Waals surface area (Å²) in [4.78, 5) is 16.9. The number of methoxy groups -OCH3 is 2. The van der Waals surface area contributed by atoms with Gasteiger partial charge in [-0.05, 0) is 48.0 Å². The topological polar surface area (TPSA) is 94.6 Å². The van der Waals surface area contributed by atoms with E-state index in [0.29, 0.717) is 22.1 Å². The van der Waals surface area contributed by atoms with E-state index in [9.17, 15) is 13.2 Å². The summed E-state index contributed by atoms with van der Waals surface area (Å²) in [6.07, 6.45) is 3.02. The molecule has 0 aliphatic heterocycles. The number of nitrogens with zero attached hydrogens (tertiary/aromatic N) is 1. The molecule has 9 heteroatoms. The molecule has 0 aliphatic rings. The first-order valence-electron chi connectivity index (χ1n) is 9.26. The molecule has 1 N–H and O–H groups in total. The molecular formula is C22H21ClN2O5S. The quantitative estimate of drug-likeness (QED) is 0.550. The average Bonchev–Trinajstić information content (AvgIpc) is 2.79. The molecule has 1 unspecified atom stereocenters. The van der Waals surface area contributed by atoms with Crippen LogP contribution in [0, 0.1) is 0 Å². The highest BCUT2D eigenvalue weighted by molar-refractivity contribution is 7.91. The van der Waals surface area contributed by atoms with E-state index in [0.717, 1.165) is 0 Å². The zero-order chi connectivity index (χ0) is 22.4. The summed E-state index contributed by atoms with van der Waals surface area (Å²) >= 11 is 5.90. The van der Waals surface area contributed by atoms with Crippen LogP contribution in [-0.2, 0) is 9.84 Å². The molecular weight excluding hydrogens is 440 g/mol. The number of ether oxygens (including phenoxy) is 2. The summed E-state index contributed by atoms with van der Waals surface area (Å²) in [5.41, 5.74) is 0.742. The first-order chi connectivity index (χ1) is 14.8. The molecule has 0 fully saturated rings.